The first-order chi connectivity index (χ1) is 9.66. The first-order valence-corrected chi connectivity index (χ1v) is 7.14. The summed E-state index contributed by atoms with van der Waals surface area (Å²) in [6.07, 6.45) is 0.336. The fourth-order valence-corrected chi connectivity index (χ4v) is 2.83. The summed E-state index contributed by atoms with van der Waals surface area (Å²) in [4.78, 5) is 14.5. The number of aliphatic hydroxyl groups excluding tert-OH is 1. The summed E-state index contributed by atoms with van der Waals surface area (Å²) in [5.74, 6) is 0.762. The van der Waals surface area contributed by atoms with Crippen molar-refractivity contribution in [2.24, 2.45) is 5.92 Å². The molecule has 0 aliphatic carbocycles. The number of likely N-dealkylation sites (tertiary alicyclic amines) is 1. The number of piperidine rings is 1. The van der Waals surface area contributed by atoms with Crippen molar-refractivity contribution < 1.29 is 14.6 Å². The van der Waals surface area contributed by atoms with Crippen molar-refractivity contribution >= 4 is 11.6 Å². The molecule has 2 atom stereocenters. The van der Waals surface area contributed by atoms with Gasteiger partial charge in [-0.3, -0.25) is 4.79 Å². The number of carbonyl (C=O) groups excluding carboxylic acids is 1. The highest BCUT2D eigenvalue weighted by Crippen LogP contribution is 2.32. The summed E-state index contributed by atoms with van der Waals surface area (Å²) in [5.41, 5.74) is 1.49. The molecule has 0 saturated carbocycles. The Hall–Kier alpha value is -1.75. The highest BCUT2D eigenvalue weighted by atomic mass is 16.5. The van der Waals surface area contributed by atoms with E-state index in [1.807, 2.05) is 30.0 Å². The molecule has 3 rings (SSSR count). The molecule has 20 heavy (non-hydrogen) atoms. The largest absolute Gasteiger partial charge is 0.489 e. The number of ether oxygens (including phenoxy) is 1. The van der Waals surface area contributed by atoms with E-state index in [2.05, 4.69) is 5.32 Å². The van der Waals surface area contributed by atoms with Crippen LogP contribution in [0.3, 0.4) is 0 Å². The van der Waals surface area contributed by atoms with Crippen molar-refractivity contribution in [1.82, 2.24) is 4.90 Å². The number of aliphatic hydroxyl groups is 1. The minimum Gasteiger partial charge on any atom is -0.489 e. The summed E-state index contributed by atoms with van der Waals surface area (Å²) >= 11 is 0. The number of amides is 1. The normalized spacial score (nSPS) is 25.4. The molecule has 1 aromatic carbocycles. The lowest BCUT2D eigenvalue weighted by atomic mass is 9.96. The van der Waals surface area contributed by atoms with Gasteiger partial charge in [0, 0.05) is 19.6 Å². The SMILES string of the molecule is CC1CN(C(=O)c2cccc3c2OCCN3)CCC1O. The predicted octanol–water partition coefficient (Wildman–Crippen LogP) is 1.33. The maximum Gasteiger partial charge on any atom is 0.257 e. The van der Waals surface area contributed by atoms with Crippen LogP contribution in [0.1, 0.15) is 23.7 Å². The Morgan fingerprint density at radius 1 is 1.50 bits per heavy atom. The van der Waals surface area contributed by atoms with E-state index >= 15 is 0 Å². The highest BCUT2D eigenvalue weighted by Gasteiger charge is 2.30. The third-order valence-corrected chi connectivity index (χ3v) is 4.06. The average molecular weight is 276 g/mol. The van der Waals surface area contributed by atoms with Gasteiger partial charge in [-0.25, -0.2) is 0 Å². The molecule has 2 heterocycles. The molecule has 2 N–H and O–H groups in total. The van der Waals surface area contributed by atoms with E-state index in [1.54, 1.807) is 0 Å². The second kappa shape index (κ2) is 5.32. The lowest BCUT2D eigenvalue weighted by Crippen LogP contribution is -2.45. The Morgan fingerprint density at radius 2 is 2.35 bits per heavy atom. The van der Waals surface area contributed by atoms with Gasteiger partial charge in [0.2, 0.25) is 0 Å². The number of hydrogen-bond acceptors (Lipinski definition) is 4. The van der Waals surface area contributed by atoms with Crippen LogP contribution in [0.5, 0.6) is 5.75 Å². The van der Waals surface area contributed by atoms with Gasteiger partial charge >= 0.3 is 0 Å². The van der Waals surface area contributed by atoms with Gasteiger partial charge in [0.25, 0.3) is 5.91 Å². The summed E-state index contributed by atoms with van der Waals surface area (Å²) in [5, 5.41) is 13.0. The lowest BCUT2D eigenvalue weighted by molar-refractivity contribution is 0.0295. The molecule has 0 bridgehead atoms. The summed E-state index contributed by atoms with van der Waals surface area (Å²) < 4.78 is 5.66. The molecular weight excluding hydrogens is 256 g/mol. The minimum absolute atomic E-state index is 0.00991. The molecule has 1 amide bonds. The summed E-state index contributed by atoms with van der Waals surface area (Å²) in [6, 6.07) is 5.60. The zero-order valence-corrected chi connectivity index (χ0v) is 11.6. The predicted molar refractivity (Wildman–Crippen MR) is 76.1 cm³/mol. The van der Waals surface area contributed by atoms with Crippen LogP contribution in [0, 0.1) is 5.92 Å². The fraction of sp³-hybridized carbons (Fsp3) is 0.533. The zero-order valence-electron chi connectivity index (χ0n) is 11.6. The molecule has 1 saturated heterocycles. The topological polar surface area (TPSA) is 61.8 Å². The van der Waals surface area contributed by atoms with Crippen molar-refractivity contribution in [3.05, 3.63) is 23.8 Å². The van der Waals surface area contributed by atoms with Crippen molar-refractivity contribution in [2.45, 2.75) is 19.4 Å². The quantitative estimate of drug-likeness (QED) is 0.812. The molecule has 0 radical (unpaired) electrons. The van der Waals surface area contributed by atoms with Crippen LogP contribution in [0.4, 0.5) is 5.69 Å². The Bertz CT molecular complexity index is 518. The van der Waals surface area contributed by atoms with E-state index in [-0.39, 0.29) is 17.9 Å². The van der Waals surface area contributed by atoms with Crippen LogP contribution in [0.15, 0.2) is 18.2 Å². The highest BCUT2D eigenvalue weighted by molar-refractivity contribution is 5.99. The molecule has 1 fully saturated rings. The van der Waals surface area contributed by atoms with E-state index < -0.39 is 0 Å². The van der Waals surface area contributed by atoms with E-state index in [0.29, 0.717) is 37.4 Å². The minimum atomic E-state index is -0.304. The van der Waals surface area contributed by atoms with Gasteiger partial charge in [0.1, 0.15) is 6.61 Å². The van der Waals surface area contributed by atoms with Crippen molar-refractivity contribution in [3.8, 4) is 5.75 Å². The van der Waals surface area contributed by atoms with Gasteiger partial charge in [-0.15, -0.1) is 0 Å². The monoisotopic (exact) mass is 276 g/mol. The Labute approximate surface area is 118 Å². The molecule has 108 valence electrons. The Kier molecular flexibility index (Phi) is 3.53. The Morgan fingerprint density at radius 3 is 3.15 bits per heavy atom. The molecule has 0 aromatic heterocycles. The van der Waals surface area contributed by atoms with Crippen molar-refractivity contribution in [2.75, 3.05) is 31.6 Å². The van der Waals surface area contributed by atoms with E-state index in [1.165, 1.54) is 0 Å². The van der Waals surface area contributed by atoms with Crippen LogP contribution < -0.4 is 10.1 Å². The van der Waals surface area contributed by atoms with Gasteiger partial charge < -0.3 is 20.1 Å². The molecule has 5 heteroatoms. The number of carbonyl (C=O) groups is 1. The second-order valence-electron chi connectivity index (χ2n) is 5.54. The smallest absolute Gasteiger partial charge is 0.257 e. The molecule has 2 aliphatic rings. The number of para-hydroxylation sites is 1. The molecule has 5 nitrogen and oxygen atoms in total. The van der Waals surface area contributed by atoms with Crippen molar-refractivity contribution in [1.29, 1.82) is 0 Å². The Balaban J connectivity index is 1.84. The first kappa shape index (κ1) is 13.2. The van der Waals surface area contributed by atoms with Gasteiger partial charge in [-0.1, -0.05) is 13.0 Å². The summed E-state index contributed by atoms with van der Waals surface area (Å²) in [6.45, 7) is 4.51. The molecule has 0 spiro atoms. The van der Waals surface area contributed by atoms with E-state index in [9.17, 15) is 9.90 Å². The van der Waals surface area contributed by atoms with Gasteiger partial charge in [0.05, 0.1) is 17.4 Å². The van der Waals surface area contributed by atoms with Crippen molar-refractivity contribution in [3.63, 3.8) is 0 Å². The van der Waals surface area contributed by atoms with E-state index in [4.69, 9.17) is 4.74 Å². The number of benzene rings is 1. The van der Waals surface area contributed by atoms with E-state index in [0.717, 1.165) is 12.2 Å². The standard InChI is InChI=1S/C15H20N2O3/c1-10-9-17(7-5-13(10)18)15(19)11-3-2-4-12-14(11)20-8-6-16-12/h2-4,10,13,16,18H,5-9H2,1H3. The number of rotatable bonds is 1. The molecular formula is C15H20N2O3. The van der Waals surface area contributed by atoms with Crippen LogP contribution in [0.25, 0.3) is 0 Å². The van der Waals surface area contributed by atoms with Gasteiger partial charge in [0.15, 0.2) is 5.75 Å². The van der Waals surface area contributed by atoms with Gasteiger partial charge in [-0.2, -0.15) is 0 Å². The van der Waals surface area contributed by atoms with Crippen LogP contribution in [-0.4, -0.2) is 48.3 Å². The van der Waals surface area contributed by atoms with Crippen LogP contribution >= 0.6 is 0 Å². The number of hydrogen-bond donors (Lipinski definition) is 2. The molecule has 2 unspecified atom stereocenters. The van der Waals surface area contributed by atoms with Crippen LogP contribution in [-0.2, 0) is 0 Å². The molecule has 2 aliphatic heterocycles. The fourth-order valence-electron chi connectivity index (χ4n) is 2.83. The third kappa shape index (κ3) is 2.33. The third-order valence-electron chi connectivity index (χ3n) is 4.06. The maximum atomic E-state index is 12.7. The number of anilines is 1. The number of fused-ring (bicyclic) bond motifs is 1. The number of nitrogens with zero attached hydrogens (tertiary/aromatic N) is 1. The first-order valence-electron chi connectivity index (χ1n) is 7.14. The zero-order chi connectivity index (χ0) is 14.1. The van der Waals surface area contributed by atoms with Crippen LogP contribution in [0.2, 0.25) is 0 Å². The average Bonchev–Trinajstić information content (AvgIpc) is 2.49. The van der Waals surface area contributed by atoms with Gasteiger partial charge in [-0.05, 0) is 24.5 Å². The lowest BCUT2D eigenvalue weighted by Gasteiger charge is -2.35. The maximum absolute atomic E-state index is 12.7. The summed E-state index contributed by atoms with van der Waals surface area (Å²) in [7, 11) is 0. The molecule has 1 aromatic rings. The number of nitrogens with one attached hydrogen (secondary N) is 1. The second-order valence-corrected chi connectivity index (χ2v) is 5.54.